The van der Waals surface area contributed by atoms with Crippen LogP contribution in [-0.2, 0) is 0 Å². The van der Waals surface area contributed by atoms with Crippen LogP contribution in [0, 0.1) is 17.6 Å². The van der Waals surface area contributed by atoms with E-state index in [1.54, 1.807) is 18.2 Å². The Hall–Kier alpha value is -1.30. The lowest BCUT2D eigenvalue weighted by Crippen LogP contribution is -2.70. The highest BCUT2D eigenvalue weighted by molar-refractivity contribution is 5.48. The summed E-state index contributed by atoms with van der Waals surface area (Å²) >= 11 is 0. The summed E-state index contributed by atoms with van der Waals surface area (Å²) in [4.78, 5) is 0. The van der Waals surface area contributed by atoms with Crippen molar-refractivity contribution >= 4 is 5.69 Å². The van der Waals surface area contributed by atoms with Gasteiger partial charge < -0.3 is 10.7 Å². The third-order valence-electron chi connectivity index (χ3n) is 1.24. The Morgan fingerprint density at radius 3 is 2.60 bits per heavy atom. The summed E-state index contributed by atoms with van der Waals surface area (Å²) in [6.07, 6.45) is 5.12. The average Bonchev–Trinajstić information content (AvgIpc) is 2.04. The van der Waals surface area contributed by atoms with Crippen LogP contribution in [-0.4, -0.2) is 0 Å². The minimum atomic E-state index is 0.574. The summed E-state index contributed by atoms with van der Waals surface area (Å²) in [6.45, 7) is 0. The van der Waals surface area contributed by atoms with Gasteiger partial charge in [0, 0.05) is 6.07 Å². The molecule has 10 heavy (non-hydrogen) atoms. The molecule has 2 heteroatoms. The van der Waals surface area contributed by atoms with Crippen molar-refractivity contribution in [1.29, 1.82) is 0 Å². The molecule has 0 atom stereocenters. The van der Waals surface area contributed by atoms with Gasteiger partial charge in [0.15, 0.2) is 0 Å². The Bertz CT molecular complexity index is 262. The molecule has 1 aromatic rings. The molecule has 0 bridgehead atoms. The molecule has 2 nitrogen and oxygen atoms in total. The molecule has 2 N–H and O–H groups in total. The Morgan fingerprint density at radius 1 is 1.40 bits per heavy atom. The zero-order valence-electron chi connectivity index (χ0n) is 5.37. The number of hydrogen-bond acceptors (Lipinski definition) is 1. The maximum Gasteiger partial charge on any atom is 0.145 e. The van der Waals surface area contributed by atoms with Gasteiger partial charge in [-0.2, -0.15) is 0 Å². The second kappa shape index (κ2) is 3.02. The van der Waals surface area contributed by atoms with Crippen molar-refractivity contribution in [3.63, 3.8) is 0 Å². The van der Waals surface area contributed by atoms with Crippen LogP contribution >= 0.6 is 0 Å². The van der Waals surface area contributed by atoms with Gasteiger partial charge in [-0.3, -0.25) is 0 Å². The number of quaternary nitrogens is 1. The normalized spacial score (nSPS) is 8.80. The van der Waals surface area contributed by atoms with E-state index in [2.05, 4.69) is 5.92 Å². The second-order valence-electron chi connectivity index (χ2n) is 1.85. The first-order valence-electron chi connectivity index (χ1n) is 2.89. The van der Waals surface area contributed by atoms with Gasteiger partial charge in [0.25, 0.3) is 0 Å². The molecule has 0 fully saturated rings. The Kier molecular flexibility index (Phi) is 2.06. The van der Waals surface area contributed by atoms with Crippen LogP contribution in [0.25, 0.3) is 0 Å². The van der Waals surface area contributed by atoms with Crippen LogP contribution in [0.4, 0.5) is 5.69 Å². The lowest BCUT2D eigenvalue weighted by atomic mass is 10.2. The van der Waals surface area contributed by atoms with Gasteiger partial charge in [0.05, 0.1) is 5.56 Å². The summed E-state index contributed by atoms with van der Waals surface area (Å²) in [5.41, 5.74) is 1.98. The van der Waals surface area contributed by atoms with E-state index in [-0.39, 0.29) is 0 Å². The van der Waals surface area contributed by atoms with Crippen molar-refractivity contribution in [3.8, 4) is 12.3 Å². The van der Waals surface area contributed by atoms with Crippen LogP contribution in [0.5, 0.6) is 0 Å². The van der Waals surface area contributed by atoms with Crippen molar-refractivity contribution in [1.82, 2.24) is 0 Å². The molecule has 0 heterocycles. The van der Waals surface area contributed by atoms with Gasteiger partial charge in [-0.05, 0) is 6.07 Å². The van der Waals surface area contributed by atoms with Crippen LogP contribution in [0.1, 0.15) is 5.56 Å². The van der Waals surface area contributed by atoms with E-state index < -0.39 is 0 Å². The zero-order chi connectivity index (χ0) is 7.40. The minimum absolute atomic E-state index is 0.574. The fourth-order valence-electron chi connectivity index (χ4n) is 0.731. The first-order chi connectivity index (χ1) is 4.88. The number of nitrogens with two attached hydrogens (primary N) is 1. The fraction of sp³-hybridized carbons (Fsp3) is 0. The van der Waals surface area contributed by atoms with Crippen LogP contribution in [0.2, 0.25) is 0 Å². The largest absolute Gasteiger partial charge is 0.630 e. The number of terminal acetylenes is 1. The lowest BCUT2D eigenvalue weighted by Gasteiger charge is -2.01. The third kappa shape index (κ3) is 1.16. The van der Waals surface area contributed by atoms with E-state index in [0.717, 1.165) is 5.48 Å². The molecule has 0 unspecified atom stereocenters. The van der Waals surface area contributed by atoms with E-state index in [4.69, 9.17) is 6.42 Å². The molecule has 0 radical (unpaired) electrons. The molecule has 50 valence electrons. The zero-order valence-corrected chi connectivity index (χ0v) is 5.37. The number of hydrogen-bond donors (Lipinski definition) is 1. The van der Waals surface area contributed by atoms with Crippen LogP contribution in [0.15, 0.2) is 24.3 Å². The van der Waals surface area contributed by atoms with Crippen molar-refractivity contribution in [3.05, 3.63) is 35.0 Å². The van der Waals surface area contributed by atoms with Crippen LogP contribution < -0.4 is 5.48 Å². The van der Waals surface area contributed by atoms with Crippen molar-refractivity contribution in [2.24, 2.45) is 0 Å². The summed E-state index contributed by atoms with van der Waals surface area (Å²) in [5.74, 6) is 2.42. The smallest absolute Gasteiger partial charge is 0.145 e. The predicted molar refractivity (Wildman–Crippen MR) is 39.3 cm³/mol. The maximum atomic E-state index is 10.3. The molecule has 0 aliphatic heterocycles. The van der Waals surface area contributed by atoms with Gasteiger partial charge in [0.2, 0.25) is 0 Å². The van der Waals surface area contributed by atoms with Crippen LogP contribution in [0.3, 0.4) is 0 Å². The molecule has 0 aromatic heterocycles. The van der Waals surface area contributed by atoms with Crippen molar-refractivity contribution < 1.29 is 5.48 Å². The second-order valence-corrected chi connectivity index (χ2v) is 1.85. The third-order valence-corrected chi connectivity index (χ3v) is 1.24. The van der Waals surface area contributed by atoms with E-state index in [1.165, 1.54) is 0 Å². The number of benzene rings is 1. The molecule has 0 aliphatic carbocycles. The Morgan fingerprint density at radius 2 is 2.10 bits per heavy atom. The molecule has 1 rings (SSSR count). The van der Waals surface area contributed by atoms with Crippen molar-refractivity contribution in [2.75, 3.05) is 0 Å². The molecule has 0 aliphatic rings. The molecule has 0 saturated heterocycles. The fourth-order valence-corrected chi connectivity index (χ4v) is 0.731. The monoisotopic (exact) mass is 133 g/mol. The topological polar surface area (TPSA) is 39.7 Å². The highest BCUT2D eigenvalue weighted by Crippen LogP contribution is 2.05. The first-order valence-corrected chi connectivity index (χ1v) is 2.89. The highest BCUT2D eigenvalue weighted by Gasteiger charge is 1.95. The minimum Gasteiger partial charge on any atom is -0.630 e. The quantitative estimate of drug-likeness (QED) is 0.335. The van der Waals surface area contributed by atoms with E-state index in [9.17, 15) is 5.21 Å². The summed E-state index contributed by atoms with van der Waals surface area (Å²) in [6, 6.07) is 7.03. The van der Waals surface area contributed by atoms with E-state index in [1.807, 2.05) is 6.07 Å². The lowest BCUT2D eigenvalue weighted by molar-refractivity contribution is -0.497. The van der Waals surface area contributed by atoms with E-state index >= 15 is 0 Å². The standard InChI is InChI=1S/C8H7NO/c1-2-7-5-3-4-6-8(7)9-10/h1,3-6H,9H2. The average molecular weight is 133 g/mol. The summed E-state index contributed by atoms with van der Waals surface area (Å²) < 4.78 is 0. The summed E-state index contributed by atoms with van der Waals surface area (Å²) in [5, 5.41) is 10.3. The first kappa shape index (κ1) is 6.81. The highest BCUT2D eigenvalue weighted by atomic mass is 16.5. The van der Waals surface area contributed by atoms with Gasteiger partial charge in [0.1, 0.15) is 5.69 Å². The molecule has 1 aromatic carbocycles. The summed E-state index contributed by atoms with van der Waals surface area (Å²) in [7, 11) is 0. The molecule has 0 saturated carbocycles. The van der Waals surface area contributed by atoms with Gasteiger partial charge in [-0.25, -0.2) is 0 Å². The van der Waals surface area contributed by atoms with Gasteiger partial charge in [-0.1, -0.05) is 18.1 Å². The van der Waals surface area contributed by atoms with Gasteiger partial charge in [-0.15, -0.1) is 6.42 Å². The molecular formula is C8H7NO. The molecule has 0 spiro atoms. The van der Waals surface area contributed by atoms with Gasteiger partial charge >= 0.3 is 0 Å². The van der Waals surface area contributed by atoms with Crippen molar-refractivity contribution in [2.45, 2.75) is 0 Å². The number of rotatable bonds is 1. The Balaban J connectivity index is 3.12. The molecular weight excluding hydrogens is 126 g/mol. The maximum absolute atomic E-state index is 10.3. The molecule has 0 amide bonds. The SMILES string of the molecule is C#Cc1ccccc1[NH2+][O-]. The Labute approximate surface area is 59.5 Å². The van der Waals surface area contributed by atoms with E-state index in [0.29, 0.717) is 11.3 Å². The predicted octanol–water partition coefficient (Wildman–Crippen LogP) is 0.361.